The van der Waals surface area contributed by atoms with Gasteiger partial charge < -0.3 is 19.1 Å². The van der Waals surface area contributed by atoms with Crippen molar-refractivity contribution < 1.29 is 23.4 Å². The molecule has 0 N–H and O–H groups in total. The van der Waals surface area contributed by atoms with E-state index in [1.165, 1.54) is 12.1 Å². The van der Waals surface area contributed by atoms with Crippen LogP contribution >= 0.6 is 0 Å². The Bertz CT molecular complexity index is 811. The summed E-state index contributed by atoms with van der Waals surface area (Å²) in [5.74, 6) is 1.25. The molecule has 0 radical (unpaired) electrons. The van der Waals surface area contributed by atoms with Crippen molar-refractivity contribution in [1.82, 2.24) is 4.90 Å². The molecule has 0 saturated carbocycles. The SMILES string of the molecule is COc1ccc(OC)c([C@H]2CCCN2C(=O)[C@@H](C)Oc2cccc(F)c2)c1. The molecule has 1 saturated heterocycles. The fourth-order valence-corrected chi connectivity index (χ4v) is 3.48. The maximum absolute atomic E-state index is 13.4. The van der Waals surface area contributed by atoms with Gasteiger partial charge in [-0.3, -0.25) is 4.79 Å². The molecular formula is C21H24FNO4. The van der Waals surface area contributed by atoms with Gasteiger partial charge >= 0.3 is 0 Å². The fraction of sp³-hybridized carbons (Fsp3) is 0.381. The first-order valence-electron chi connectivity index (χ1n) is 8.98. The molecule has 2 aromatic rings. The van der Waals surface area contributed by atoms with Gasteiger partial charge in [0.2, 0.25) is 0 Å². The first-order valence-corrected chi connectivity index (χ1v) is 8.98. The Balaban J connectivity index is 1.80. The number of carbonyl (C=O) groups is 1. The van der Waals surface area contributed by atoms with Crippen LogP contribution < -0.4 is 14.2 Å². The molecule has 2 atom stereocenters. The van der Waals surface area contributed by atoms with E-state index in [-0.39, 0.29) is 11.9 Å². The van der Waals surface area contributed by atoms with E-state index in [2.05, 4.69) is 0 Å². The average molecular weight is 373 g/mol. The summed E-state index contributed by atoms with van der Waals surface area (Å²) in [5, 5.41) is 0. The van der Waals surface area contributed by atoms with E-state index in [0.717, 1.165) is 24.2 Å². The third-order valence-electron chi connectivity index (χ3n) is 4.79. The monoisotopic (exact) mass is 373 g/mol. The van der Waals surface area contributed by atoms with Gasteiger partial charge in [0, 0.05) is 18.2 Å². The molecule has 0 aliphatic carbocycles. The number of likely N-dealkylation sites (tertiary alicyclic amines) is 1. The Labute approximate surface area is 158 Å². The van der Waals surface area contributed by atoms with Crippen LogP contribution in [-0.2, 0) is 4.79 Å². The van der Waals surface area contributed by atoms with Crippen LogP contribution in [0.2, 0.25) is 0 Å². The van der Waals surface area contributed by atoms with Crippen LogP contribution in [0.3, 0.4) is 0 Å². The van der Waals surface area contributed by atoms with Crippen molar-refractivity contribution in [3.8, 4) is 17.2 Å². The van der Waals surface area contributed by atoms with E-state index in [9.17, 15) is 9.18 Å². The van der Waals surface area contributed by atoms with Gasteiger partial charge in [0.15, 0.2) is 6.10 Å². The number of carbonyl (C=O) groups excluding carboxylic acids is 1. The summed E-state index contributed by atoms with van der Waals surface area (Å²) in [6.07, 6.45) is 1.01. The van der Waals surface area contributed by atoms with E-state index in [0.29, 0.717) is 18.0 Å². The van der Waals surface area contributed by atoms with E-state index in [1.54, 1.807) is 38.2 Å². The predicted octanol–water partition coefficient (Wildman–Crippen LogP) is 3.97. The number of hydrogen-bond donors (Lipinski definition) is 0. The lowest BCUT2D eigenvalue weighted by Crippen LogP contribution is -2.40. The molecule has 3 rings (SSSR count). The standard InChI is InChI=1S/C21H24FNO4/c1-14(27-17-7-4-6-15(22)12-17)21(24)23-11-5-8-19(23)18-13-16(25-2)9-10-20(18)26-3/h4,6-7,9-10,12-14,19H,5,8,11H2,1-3H3/t14-,19-/m1/s1. The number of nitrogens with zero attached hydrogens (tertiary/aromatic N) is 1. The number of halogens is 1. The van der Waals surface area contributed by atoms with Crippen LogP contribution in [0, 0.1) is 5.82 Å². The number of rotatable bonds is 6. The van der Waals surface area contributed by atoms with E-state index in [4.69, 9.17) is 14.2 Å². The molecule has 27 heavy (non-hydrogen) atoms. The summed E-state index contributed by atoms with van der Waals surface area (Å²) in [5.41, 5.74) is 0.917. The van der Waals surface area contributed by atoms with E-state index < -0.39 is 11.9 Å². The van der Waals surface area contributed by atoms with Gasteiger partial charge in [-0.05, 0) is 50.1 Å². The molecule has 2 aromatic carbocycles. The Morgan fingerprint density at radius 2 is 1.96 bits per heavy atom. The predicted molar refractivity (Wildman–Crippen MR) is 99.7 cm³/mol. The van der Waals surface area contributed by atoms with E-state index >= 15 is 0 Å². The second kappa shape index (κ2) is 8.29. The first kappa shape index (κ1) is 19.0. The molecule has 144 valence electrons. The average Bonchev–Trinajstić information content (AvgIpc) is 3.16. The highest BCUT2D eigenvalue weighted by atomic mass is 19.1. The Hall–Kier alpha value is -2.76. The van der Waals surface area contributed by atoms with Crippen LogP contribution in [0.15, 0.2) is 42.5 Å². The minimum atomic E-state index is -0.719. The van der Waals surface area contributed by atoms with Crippen molar-refractivity contribution in [2.75, 3.05) is 20.8 Å². The van der Waals surface area contributed by atoms with Crippen molar-refractivity contribution >= 4 is 5.91 Å². The second-order valence-corrected chi connectivity index (χ2v) is 6.51. The number of amides is 1. The lowest BCUT2D eigenvalue weighted by atomic mass is 10.0. The smallest absolute Gasteiger partial charge is 0.263 e. The van der Waals surface area contributed by atoms with Crippen molar-refractivity contribution in [3.63, 3.8) is 0 Å². The fourth-order valence-electron chi connectivity index (χ4n) is 3.48. The van der Waals surface area contributed by atoms with Gasteiger partial charge in [-0.1, -0.05) is 6.07 Å². The molecule has 0 spiro atoms. The highest BCUT2D eigenvalue weighted by Gasteiger charge is 2.35. The van der Waals surface area contributed by atoms with E-state index in [1.807, 2.05) is 18.2 Å². The molecule has 0 unspecified atom stereocenters. The zero-order chi connectivity index (χ0) is 19.4. The molecule has 0 aromatic heterocycles. The van der Waals surface area contributed by atoms with Crippen molar-refractivity contribution in [2.45, 2.75) is 31.9 Å². The Morgan fingerprint density at radius 1 is 1.15 bits per heavy atom. The van der Waals surface area contributed by atoms with Crippen LogP contribution in [0.5, 0.6) is 17.2 Å². The van der Waals surface area contributed by atoms with Crippen LogP contribution in [0.1, 0.15) is 31.4 Å². The molecular weight excluding hydrogens is 349 g/mol. The van der Waals surface area contributed by atoms with Crippen molar-refractivity contribution in [3.05, 3.63) is 53.8 Å². The maximum atomic E-state index is 13.4. The minimum Gasteiger partial charge on any atom is -0.497 e. The highest BCUT2D eigenvalue weighted by molar-refractivity contribution is 5.81. The topological polar surface area (TPSA) is 48.0 Å². The van der Waals surface area contributed by atoms with Crippen molar-refractivity contribution in [2.24, 2.45) is 0 Å². The quantitative estimate of drug-likeness (QED) is 0.769. The van der Waals surface area contributed by atoms with Crippen LogP contribution in [-0.4, -0.2) is 37.7 Å². The Kier molecular flexibility index (Phi) is 5.84. The van der Waals surface area contributed by atoms with Gasteiger partial charge in [0.25, 0.3) is 5.91 Å². The Morgan fingerprint density at radius 3 is 2.67 bits per heavy atom. The largest absolute Gasteiger partial charge is 0.497 e. The number of methoxy groups -OCH3 is 2. The summed E-state index contributed by atoms with van der Waals surface area (Å²) in [6, 6.07) is 11.3. The van der Waals surface area contributed by atoms with Crippen LogP contribution in [0.4, 0.5) is 4.39 Å². The third kappa shape index (κ3) is 4.15. The van der Waals surface area contributed by atoms with Gasteiger partial charge in [-0.15, -0.1) is 0 Å². The van der Waals surface area contributed by atoms with Gasteiger partial charge in [-0.2, -0.15) is 0 Å². The summed E-state index contributed by atoms with van der Waals surface area (Å²) >= 11 is 0. The molecule has 1 aliphatic heterocycles. The van der Waals surface area contributed by atoms with Crippen molar-refractivity contribution in [1.29, 1.82) is 0 Å². The summed E-state index contributed by atoms with van der Waals surface area (Å²) in [4.78, 5) is 14.8. The molecule has 0 bridgehead atoms. The number of benzene rings is 2. The van der Waals surface area contributed by atoms with Gasteiger partial charge in [0.05, 0.1) is 20.3 Å². The van der Waals surface area contributed by atoms with Crippen LogP contribution in [0.25, 0.3) is 0 Å². The molecule has 1 fully saturated rings. The first-order chi connectivity index (χ1) is 13.0. The molecule has 1 heterocycles. The minimum absolute atomic E-state index is 0.110. The summed E-state index contributed by atoms with van der Waals surface area (Å²) in [6.45, 7) is 2.33. The molecule has 1 amide bonds. The lowest BCUT2D eigenvalue weighted by molar-refractivity contribution is -0.139. The summed E-state index contributed by atoms with van der Waals surface area (Å²) in [7, 11) is 3.22. The zero-order valence-corrected chi connectivity index (χ0v) is 15.8. The number of hydrogen-bond acceptors (Lipinski definition) is 4. The normalized spacial score (nSPS) is 17.5. The zero-order valence-electron chi connectivity index (χ0n) is 15.8. The summed E-state index contributed by atoms with van der Waals surface area (Å²) < 4.78 is 29.8. The van der Waals surface area contributed by atoms with Gasteiger partial charge in [-0.25, -0.2) is 4.39 Å². The molecule has 1 aliphatic rings. The van der Waals surface area contributed by atoms with Gasteiger partial charge in [0.1, 0.15) is 23.1 Å². The second-order valence-electron chi connectivity index (χ2n) is 6.51. The number of ether oxygens (including phenoxy) is 3. The lowest BCUT2D eigenvalue weighted by Gasteiger charge is -2.29. The maximum Gasteiger partial charge on any atom is 0.263 e. The third-order valence-corrected chi connectivity index (χ3v) is 4.79. The highest BCUT2D eigenvalue weighted by Crippen LogP contribution is 2.39. The molecule has 5 nitrogen and oxygen atoms in total. The molecule has 6 heteroatoms.